The van der Waals surface area contributed by atoms with E-state index in [9.17, 15) is 0 Å². The van der Waals surface area contributed by atoms with Crippen LogP contribution in [0.4, 0.5) is 0 Å². The average Bonchev–Trinajstić information content (AvgIpc) is 2.53. The van der Waals surface area contributed by atoms with E-state index in [-0.39, 0.29) is 0 Å². The van der Waals surface area contributed by atoms with Crippen molar-refractivity contribution in [2.75, 3.05) is 7.05 Å². The minimum Gasteiger partial charge on any atom is -0.361 e. The molecule has 0 unspecified atom stereocenters. The van der Waals surface area contributed by atoms with E-state index in [0.717, 1.165) is 6.54 Å². The number of aryl methyl sites for hydroxylation is 1. The first-order valence-electron chi connectivity index (χ1n) is 4.52. The Hall–Kier alpha value is -1.28. The van der Waals surface area contributed by atoms with Crippen LogP contribution in [0.25, 0.3) is 10.9 Å². The molecule has 0 aliphatic rings. The van der Waals surface area contributed by atoms with Gasteiger partial charge in [-0.25, -0.2) is 0 Å². The standard InChI is InChI=1S/C11H14N2/c1-8-5-9(7-12-2)6-10-3-4-13-11(8)10/h3-6,12-13H,7H2,1-2H3. The molecule has 0 saturated carbocycles. The maximum Gasteiger partial charge on any atom is 0.0483 e. The Balaban J connectivity index is 2.56. The van der Waals surface area contributed by atoms with Crippen LogP contribution in [0.15, 0.2) is 24.4 Å². The number of hydrogen-bond donors (Lipinski definition) is 2. The molecule has 2 N–H and O–H groups in total. The summed E-state index contributed by atoms with van der Waals surface area (Å²) in [5, 5.41) is 4.45. The molecule has 1 heterocycles. The summed E-state index contributed by atoms with van der Waals surface area (Å²) in [6, 6.07) is 6.55. The van der Waals surface area contributed by atoms with Gasteiger partial charge in [0.25, 0.3) is 0 Å². The van der Waals surface area contributed by atoms with Crippen molar-refractivity contribution in [2.24, 2.45) is 0 Å². The van der Waals surface area contributed by atoms with Gasteiger partial charge in [0, 0.05) is 18.3 Å². The van der Waals surface area contributed by atoms with Gasteiger partial charge in [0.05, 0.1) is 0 Å². The van der Waals surface area contributed by atoms with Crippen LogP contribution >= 0.6 is 0 Å². The van der Waals surface area contributed by atoms with Crippen LogP contribution in [0.1, 0.15) is 11.1 Å². The number of benzene rings is 1. The summed E-state index contributed by atoms with van der Waals surface area (Å²) in [5.74, 6) is 0. The number of aromatic amines is 1. The SMILES string of the molecule is CNCc1cc(C)c2[nH]ccc2c1. The largest absolute Gasteiger partial charge is 0.361 e. The Morgan fingerprint density at radius 1 is 1.38 bits per heavy atom. The molecule has 0 aliphatic heterocycles. The molecule has 2 rings (SSSR count). The molecule has 0 amide bonds. The number of fused-ring (bicyclic) bond motifs is 1. The number of hydrogen-bond acceptors (Lipinski definition) is 1. The Morgan fingerprint density at radius 3 is 3.00 bits per heavy atom. The first-order valence-corrected chi connectivity index (χ1v) is 4.52. The van der Waals surface area contributed by atoms with Crippen molar-refractivity contribution in [2.45, 2.75) is 13.5 Å². The second kappa shape index (κ2) is 3.23. The minimum atomic E-state index is 0.932. The van der Waals surface area contributed by atoms with E-state index in [4.69, 9.17) is 0 Å². The summed E-state index contributed by atoms with van der Waals surface area (Å²) in [7, 11) is 1.97. The molecule has 0 aliphatic carbocycles. The maximum atomic E-state index is 3.24. The number of H-pyrrole nitrogens is 1. The molecule has 0 saturated heterocycles. The third-order valence-corrected chi connectivity index (χ3v) is 2.30. The highest BCUT2D eigenvalue weighted by atomic mass is 14.8. The molecular weight excluding hydrogens is 160 g/mol. The van der Waals surface area contributed by atoms with Gasteiger partial charge in [-0.2, -0.15) is 0 Å². The molecule has 13 heavy (non-hydrogen) atoms. The zero-order valence-corrected chi connectivity index (χ0v) is 8.02. The normalized spacial score (nSPS) is 10.9. The number of aromatic nitrogens is 1. The lowest BCUT2D eigenvalue weighted by Crippen LogP contribution is -2.04. The van der Waals surface area contributed by atoms with E-state index in [2.05, 4.69) is 35.4 Å². The Morgan fingerprint density at radius 2 is 2.23 bits per heavy atom. The van der Waals surface area contributed by atoms with E-state index in [1.165, 1.54) is 22.0 Å². The molecule has 2 nitrogen and oxygen atoms in total. The fraction of sp³-hybridized carbons (Fsp3) is 0.273. The molecule has 2 aromatic rings. The van der Waals surface area contributed by atoms with Gasteiger partial charge in [-0.3, -0.25) is 0 Å². The number of rotatable bonds is 2. The maximum absolute atomic E-state index is 3.24. The van der Waals surface area contributed by atoms with Crippen LogP contribution in [0.5, 0.6) is 0 Å². The lowest BCUT2D eigenvalue weighted by Gasteiger charge is -2.03. The van der Waals surface area contributed by atoms with Crippen LogP contribution < -0.4 is 5.32 Å². The second-order valence-corrected chi connectivity index (χ2v) is 3.38. The lowest BCUT2D eigenvalue weighted by atomic mass is 10.1. The van der Waals surface area contributed by atoms with Crippen LogP contribution in [-0.2, 0) is 6.54 Å². The van der Waals surface area contributed by atoms with Gasteiger partial charge in [0.2, 0.25) is 0 Å². The van der Waals surface area contributed by atoms with Crippen LogP contribution in [0, 0.1) is 6.92 Å². The lowest BCUT2D eigenvalue weighted by molar-refractivity contribution is 0.818. The average molecular weight is 174 g/mol. The second-order valence-electron chi connectivity index (χ2n) is 3.38. The molecule has 68 valence electrons. The molecule has 0 atom stereocenters. The minimum absolute atomic E-state index is 0.932. The molecule has 2 heteroatoms. The van der Waals surface area contributed by atoms with Gasteiger partial charge < -0.3 is 10.3 Å². The zero-order chi connectivity index (χ0) is 9.26. The number of nitrogens with one attached hydrogen (secondary N) is 2. The van der Waals surface area contributed by atoms with E-state index < -0.39 is 0 Å². The smallest absolute Gasteiger partial charge is 0.0483 e. The quantitative estimate of drug-likeness (QED) is 0.717. The van der Waals surface area contributed by atoms with E-state index in [1.807, 2.05) is 13.2 Å². The van der Waals surface area contributed by atoms with Crippen molar-refractivity contribution in [1.29, 1.82) is 0 Å². The molecule has 0 spiro atoms. The van der Waals surface area contributed by atoms with Gasteiger partial charge >= 0.3 is 0 Å². The Kier molecular flexibility index (Phi) is 2.07. The van der Waals surface area contributed by atoms with Crippen molar-refractivity contribution in [3.8, 4) is 0 Å². The molecule has 0 radical (unpaired) electrons. The molecule has 1 aromatic heterocycles. The molecular formula is C11H14N2. The van der Waals surface area contributed by atoms with Crippen molar-refractivity contribution in [1.82, 2.24) is 10.3 Å². The molecule has 0 bridgehead atoms. The van der Waals surface area contributed by atoms with Gasteiger partial charge in [0.1, 0.15) is 0 Å². The monoisotopic (exact) mass is 174 g/mol. The third-order valence-electron chi connectivity index (χ3n) is 2.30. The predicted molar refractivity (Wildman–Crippen MR) is 55.8 cm³/mol. The summed E-state index contributed by atoms with van der Waals surface area (Å²) in [6.07, 6.45) is 1.99. The predicted octanol–water partition coefficient (Wildman–Crippen LogP) is 2.20. The topological polar surface area (TPSA) is 27.8 Å². The third kappa shape index (κ3) is 1.45. The van der Waals surface area contributed by atoms with Gasteiger partial charge in [-0.1, -0.05) is 6.07 Å². The fourth-order valence-electron chi connectivity index (χ4n) is 1.74. The zero-order valence-electron chi connectivity index (χ0n) is 8.02. The summed E-state index contributed by atoms with van der Waals surface area (Å²) < 4.78 is 0. The fourth-order valence-corrected chi connectivity index (χ4v) is 1.74. The van der Waals surface area contributed by atoms with Crippen molar-refractivity contribution < 1.29 is 0 Å². The highest BCUT2D eigenvalue weighted by Gasteiger charge is 2.00. The first-order chi connectivity index (χ1) is 6.31. The van der Waals surface area contributed by atoms with Gasteiger partial charge in [0.15, 0.2) is 0 Å². The van der Waals surface area contributed by atoms with Crippen LogP contribution in [0.3, 0.4) is 0 Å². The van der Waals surface area contributed by atoms with Gasteiger partial charge in [-0.15, -0.1) is 0 Å². The van der Waals surface area contributed by atoms with E-state index in [1.54, 1.807) is 0 Å². The highest BCUT2D eigenvalue weighted by Crippen LogP contribution is 2.18. The van der Waals surface area contributed by atoms with Gasteiger partial charge in [-0.05, 0) is 42.6 Å². The summed E-state index contributed by atoms with van der Waals surface area (Å²) in [6.45, 7) is 3.07. The van der Waals surface area contributed by atoms with Crippen molar-refractivity contribution in [3.63, 3.8) is 0 Å². The van der Waals surface area contributed by atoms with Crippen LogP contribution in [-0.4, -0.2) is 12.0 Å². The first kappa shape index (κ1) is 8.32. The van der Waals surface area contributed by atoms with Crippen molar-refractivity contribution >= 4 is 10.9 Å². The van der Waals surface area contributed by atoms with E-state index in [0.29, 0.717) is 0 Å². The van der Waals surface area contributed by atoms with Crippen LogP contribution in [0.2, 0.25) is 0 Å². The summed E-state index contributed by atoms with van der Waals surface area (Å²) in [4.78, 5) is 3.24. The van der Waals surface area contributed by atoms with E-state index >= 15 is 0 Å². The van der Waals surface area contributed by atoms with Crippen molar-refractivity contribution in [3.05, 3.63) is 35.5 Å². The molecule has 0 fully saturated rings. The highest BCUT2D eigenvalue weighted by molar-refractivity contribution is 5.83. The Labute approximate surface area is 78.0 Å². The summed E-state index contributed by atoms with van der Waals surface area (Å²) >= 11 is 0. The Bertz CT molecular complexity index is 415. The molecule has 1 aromatic carbocycles. The summed E-state index contributed by atoms with van der Waals surface area (Å²) in [5.41, 5.74) is 3.90.